The maximum atomic E-state index is 11.8. The largest absolute Gasteiger partial charge is 0.399 e. The SMILES string of the molecule is CCCCCCCCC(=O)CCc1cccc(N)c1. The van der Waals surface area contributed by atoms with E-state index in [1.807, 2.05) is 24.3 Å². The van der Waals surface area contributed by atoms with Crippen LogP contribution < -0.4 is 5.73 Å². The Morgan fingerprint density at radius 2 is 1.79 bits per heavy atom. The molecule has 1 aromatic carbocycles. The van der Waals surface area contributed by atoms with Gasteiger partial charge in [0.1, 0.15) is 5.78 Å². The van der Waals surface area contributed by atoms with E-state index in [0.717, 1.165) is 30.5 Å². The molecule has 0 amide bonds. The molecule has 106 valence electrons. The average molecular weight is 261 g/mol. The van der Waals surface area contributed by atoms with Gasteiger partial charge in [0.15, 0.2) is 0 Å². The van der Waals surface area contributed by atoms with Crippen LogP contribution in [0.5, 0.6) is 0 Å². The van der Waals surface area contributed by atoms with E-state index in [9.17, 15) is 4.79 Å². The minimum absolute atomic E-state index is 0.387. The number of nitrogen functional groups attached to an aromatic ring is 1. The van der Waals surface area contributed by atoms with E-state index in [4.69, 9.17) is 5.73 Å². The Kier molecular flexibility index (Phi) is 7.95. The monoisotopic (exact) mass is 261 g/mol. The lowest BCUT2D eigenvalue weighted by Gasteiger charge is -2.03. The molecular weight excluding hydrogens is 234 g/mol. The minimum Gasteiger partial charge on any atom is -0.399 e. The van der Waals surface area contributed by atoms with Gasteiger partial charge >= 0.3 is 0 Å². The van der Waals surface area contributed by atoms with E-state index in [1.165, 1.54) is 32.1 Å². The summed E-state index contributed by atoms with van der Waals surface area (Å²) in [6, 6.07) is 7.82. The van der Waals surface area contributed by atoms with Gasteiger partial charge in [0, 0.05) is 18.5 Å². The summed E-state index contributed by atoms with van der Waals surface area (Å²) in [7, 11) is 0. The third kappa shape index (κ3) is 7.66. The van der Waals surface area contributed by atoms with Crippen LogP contribution in [0.2, 0.25) is 0 Å². The Labute approximate surface area is 117 Å². The topological polar surface area (TPSA) is 43.1 Å². The normalized spacial score (nSPS) is 10.6. The summed E-state index contributed by atoms with van der Waals surface area (Å²) < 4.78 is 0. The molecule has 0 saturated heterocycles. The smallest absolute Gasteiger partial charge is 0.133 e. The highest BCUT2D eigenvalue weighted by Gasteiger charge is 2.03. The molecule has 19 heavy (non-hydrogen) atoms. The third-order valence-electron chi connectivity index (χ3n) is 3.45. The summed E-state index contributed by atoms with van der Waals surface area (Å²) in [5.41, 5.74) is 7.66. The highest BCUT2D eigenvalue weighted by atomic mass is 16.1. The van der Waals surface area contributed by atoms with Crippen molar-refractivity contribution >= 4 is 11.5 Å². The molecule has 0 saturated carbocycles. The van der Waals surface area contributed by atoms with Crippen LogP contribution >= 0.6 is 0 Å². The average Bonchev–Trinajstić information content (AvgIpc) is 2.40. The third-order valence-corrected chi connectivity index (χ3v) is 3.45. The first-order valence-corrected chi connectivity index (χ1v) is 7.58. The van der Waals surface area contributed by atoms with Gasteiger partial charge in [0.2, 0.25) is 0 Å². The lowest BCUT2D eigenvalue weighted by molar-refractivity contribution is -0.119. The molecule has 2 N–H and O–H groups in total. The zero-order chi connectivity index (χ0) is 13.9. The van der Waals surface area contributed by atoms with Gasteiger partial charge in [-0.05, 0) is 30.5 Å². The molecule has 0 aliphatic carbocycles. The molecule has 1 aromatic rings. The van der Waals surface area contributed by atoms with Crippen molar-refractivity contribution in [2.75, 3.05) is 5.73 Å². The second kappa shape index (κ2) is 9.60. The molecule has 0 aliphatic heterocycles. The summed E-state index contributed by atoms with van der Waals surface area (Å²) >= 11 is 0. The molecule has 0 bridgehead atoms. The summed E-state index contributed by atoms with van der Waals surface area (Å²) in [6.45, 7) is 2.22. The van der Waals surface area contributed by atoms with Gasteiger partial charge < -0.3 is 5.73 Å². The number of hydrogen-bond acceptors (Lipinski definition) is 2. The fourth-order valence-corrected chi connectivity index (χ4v) is 2.26. The van der Waals surface area contributed by atoms with Gasteiger partial charge in [0.05, 0.1) is 0 Å². The molecule has 0 radical (unpaired) electrons. The fourth-order valence-electron chi connectivity index (χ4n) is 2.26. The van der Waals surface area contributed by atoms with Crippen molar-refractivity contribution in [3.63, 3.8) is 0 Å². The number of rotatable bonds is 10. The van der Waals surface area contributed by atoms with Gasteiger partial charge in [-0.15, -0.1) is 0 Å². The van der Waals surface area contributed by atoms with Crippen molar-refractivity contribution in [3.8, 4) is 0 Å². The first-order valence-electron chi connectivity index (χ1n) is 7.58. The molecule has 0 spiro atoms. The summed E-state index contributed by atoms with van der Waals surface area (Å²) in [4.78, 5) is 11.8. The number of benzene rings is 1. The Morgan fingerprint density at radius 1 is 1.05 bits per heavy atom. The number of carbonyl (C=O) groups excluding carboxylic acids is 1. The van der Waals surface area contributed by atoms with Crippen molar-refractivity contribution in [2.45, 2.75) is 64.7 Å². The predicted molar refractivity (Wildman–Crippen MR) is 82.2 cm³/mol. The van der Waals surface area contributed by atoms with Crippen LogP contribution in [0.25, 0.3) is 0 Å². The molecule has 0 heterocycles. The predicted octanol–water partition coefficient (Wildman–Crippen LogP) is 4.52. The standard InChI is InChI=1S/C17H27NO/c1-2-3-4-5-6-7-11-17(19)13-12-15-9-8-10-16(18)14-15/h8-10,14H,2-7,11-13,18H2,1H3. The molecule has 0 aliphatic rings. The van der Waals surface area contributed by atoms with Gasteiger partial charge in [-0.3, -0.25) is 4.79 Å². The lowest BCUT2D eigenvalue weighted by atomic mass is 10.0. The summed E-state index contributed by atoms with van der Waals surface area (Å²) in [6.07, 6.45) is 9.66. The van der Waals surface area contributed by atoms with Crippen LogP contribution in [0.3, 0.4) is 0 Å². The molecule has 0 fully saturated rings. The van der Waals surface area contributed by atoms with E-state index < -0.39 is 0 Å². The van der Waals surface area contributed by atoms with Crippen LogP contribution in [-0.4, -0.2) is 5.78 Å². The number of unbranched alkanes of at least 4 members (excludes halogenated alkanes) is 5. The highest BCUT2D eigenvalue weighted by molar-refractivity contribution is 5.78. The molecule has 0 unspecified atom stereocenters. The molecule has 2 heteroatoms. The number of carbonyl (C=O) groups is 1. The fraction of sp³-hybridized carbons (Fsp3) is 0.588. The van der Waals surface area contributed by atoms with E-state index >= 15 is 0 Å². The number of Topliss-reactive ketones (excluding diaryl/α,β-unsaturated/α-hetero) is 1. The highest BCUT2D eigenvalue weighted by Crippen LogP contribution is 2.11. The van der Waals surface area contributed by atoms with Crippen LogP contribution in [0.4, 0.5) is 5.69 Å². The summed E-state index contributed by atoms with van der Waals surface area (Å²) in [5.74, 6) is 0.387. The van der Waals surface area contributed by atoms with Crippen LogP contribution in [0.15, 0.2) is 24.3 Å². The van der Waals surface area contributed by atoms with E-state index in [-0.39, 0.29) is 0 Å². The van der Waals surface area contributed by atoms with Crippen molar-refractivity contribution in [3.05, 3.63) is 29.8 Å². The van der Waals surface area contributed by atoms with Crippen LogP contribution in [-0.2, 0) is 11.2 Å². The van der Waals surface area contributed by atoms with Gasteiger partial charge in [-0.25, -0.2) is 0 Å². The molecule has 0 aromatic heterocycles. The second-order valence-corrected chi connectivity index (χ2v) is 5.30. The van der Waals surface area contributed by atoms with Crippen molar-refractivity contribution in [2.24, 2.45) is 0 Å². The Bertz CT molecular complexity index is 373. The molecule has 2 nitrogen and oxygen atoms in total. The lowest BCUT2D eigenvalue weighted by Crippen LogP contribution is -2.00. The number of anilines is 1. The van der Waals surface area contributed by atoms with Gasteiger partial charge in [-0.1, -0.05) is 51.2 Å². The van der Waals surface area contributed by atoms with Gasteiger partial charge in [-0.2, -0.15) is 0 Å². The Hall–Kier alpha value is -1.31. The number of aryl methyl sites for hydroxylation is 1. The van der Waals surface area contributed by atoms with Crippen LogP contribution in [0, 0.1) is 0 Å². The first kappa shape index (κ1) is 15.7. The number of ketones is 1. The zero-order valence-electron chi connectivity index (χ0n) is 12.2. The van der Waals surface area contributed by atoms with E-state index in [2.05, 4.69) is 6.92 Å². The van der Waals surface area contributed by atoms with Crippen molar-refractivity contribution in [1.82, 2.24) is 0 Å². The number of hydrogen-bond donors (Lipinski definition) is 1. The Morgan fingerprint density at radius 3 is 2.53 bits per heavy atom. The van der Waals surface area contributed by atoms with Crippen molar-refractivity contribution < 1.29 is 4.79 Å². The zero-order valence-corrected chi connectivity index (χ0v) is 12.2. The molecule has 1 rings (SSSR count). The quantitative estimate of drug-likeness (QED) is 0.497. The molecular formula is C17H27NO. The maximum absolute atomic E-state index is 11.8. The van der Waals surface area contributed by atoms with Crippen molar-refractivity contribution in [1.29, 1.82) is 0 Å². The first-order chi connectivity index (χ1) is 9.22. The van der Waals surface area contributed by atoms with Gasteiger partial charge in [0.25, 0.3) is 0 Å². The van der Waals surface area contributed by atoms with E-state index in [0.29, 0.717) is 12.2 Å². The number of nitrogens with two attached hydrogens (primary N) is 1. The van der Waals surface area contributed by atoms with Crippen LogP contribution in [0.1, 0.15) is 63.9 Å². The molecule has 0 atom stereocenters. The minimum atomic E-state index is 0.387. The summed E-state index contributed by atoms with van der Waals surface area (Å²) in [5, 5.41) is 0. The maximum Gasteiger partial charge on any atom is 0.133 e. The second-order valence-electron chi connectivity index (χ2n) is 5.30. The Balaban J connectivity index is 2.08. The van der Waals surface area contributed by atoms with E-state index in [1.54, 1.807) is 0 Å².